The summed E-state index contributed by atoms with van der Waals surface area (Å²) >= 11 is 0. The molecule has 4 nitrogen and oxygen atoms in total. The predicted octanol–water partition coefficient (Wildman–Crippen LogP) is 1.56. The average molecular weight is 222 g/mol. The molecule has 0 atom stereocenters. The molecule has 0 aliphatic carbocycles. The molecule has 0 bridgehead atoms. The minimum atomic E-state index is -0.881. The number of rotatable bonds is 4. The molecule has 0 amide bonds. The largest absolute Gasteiger partial charge is 0.481 e. The first-order valence-electron chi connectivity index (χ1n) is 4.93. The van der Waals surface area contributed by atoms with Gasteiger partial charge in [0.1, 0.15) is 0 Å². The van der Waals surface area contributed by atoms with E-state index in [1.807, 2.05) is 13.8 Å². The van der Waals surface area contributed by atoms with Gasteiger partial charge >= 0.3 is 11.9 Å². The fraction of sp³-hybridized carbons (Fsp3) is 0.333. The quantitative estimate of drug-likeness (QED) is 0.810. The van der Waals surface area contributed by atoms with Crippen LogP contribution >= 0.6 is 0 Å². The zero-order valence-corrected chi connectivity index (χ0v) is 9.28. The third kappa shape index (κ3) is 2.82. The van der Waals surface area contributed by atoms with Gasteiger partial charge in [0, 0.05) is 0 Å². The smallest absolute Gasteiger partial charge is 0.307 e. The zero-order chi connectivity index (χ0) is 12.3. The summed E-state index contributed by atoms with van der Waals surface area (Å²) in [6.07, 6.45) is -0.0555. The van der Waals surface area contributed by atoms with Gasteiger partial charge < -0.3 is 10.2 Å². The van der Waals surface area contributed by atoms with Crippen LogP contribution in [0, 0.1) is 13.8 Å². The van der Waals surface area contributed by atoms with Crippen LogP contribution in [0.3, 0.4) is 0 Å². The fourth-order valence-corrected chi connectivity index (χ4v) is 1.64. The summed E-state index contributed by atoms with van der Waals surface area (Å²) in [6, 6.07) is 3.38. The topological polar surface area (TPSA) is 74.6 Å². The maximum absolute atomic E-state index is 10.6. The molecular formula is C12H14O4. The Labute approximate surface area is 93.5 Å². The molecular weight excluding hydrogens is 208 g/mol. The van der Waals surface area contributed by atoms with Crippen molar-refractivity contribution in [3.05, 3.63) is 34.4 Å². The van der Waals surface area contributed by atoms with Gasteiger partial charge in [0.25, 0.3) is 0 Å². The summed E-state index contributed by atoms with van der Waals surface area (Å²) in [5, 5.41) is 17.4. The van der Waals surface area contributed by atoms with Gasteiger partial charge in [-0.05, 0) is 36.1 Å². The number of aliphatic carboxylic acids is 2. The van der Waals surface area contributed by atoms with Crippen molar-refractivity contribution in [3.8, 4) is 0 Å². The highest BCUT2D eigenvalue weighted by atomic mass is 16.4. The predicted molar refractivity (Wildman–Crippen MR) is 58.6 cm³/mol. The van der Waals surface area contributed by atoms with Gasteiger partial charge in [0.2, 0.25) is 0 Å². The Morgan fingerprint density at radius 1 is 0.938 bits per heavy atom. The van der Waals surface area contributed by atoms with E-state index in [0.717, 1.165) is 22.3 Å². The van der Waals surface area contributed by atoms with Gasteiger partial charge in [-0.3, -0.25) is 9.59 Å². The average Bonchev–Trinajstić information content (AvgIpc) is 2.16. The van der Waals surface area contributed by atoms with Crippen LogP contribution in [0.1, 0.15) is 22.3 Å². The lowest BCUT2D eigenvalue weighted by atomic mass is 9.95. The van der Waals surface area contributed by atoms with Crippen molar-refractivity contribution in [3.63, 3.8) is 0 Å². The van der Waals surface area contributed by atoms with Crippen molar-refractivity contribution < 1.29 is 19.8 Å². The van der Waals surface area contributed by atoms with Crippen molar-refractivity contribution in [1.82, 2.24) is 0 Å². The lowest BCUT2D eigenvalue weighted by molar-refractivity contribution is -0.137. The maximum atomic E-state index is 10.6. The van der Waals surface area contributed by atoms with E-state index in [9.17, 15) is 9.59 Å². The molecule has 0 aliphatic heterocycles. The van der Waals surface area contributed by atoms with Crippen LogP contribution in [0.2, 0.25) is 0 Å². The maximum Gasteiger partial charge on any atom is 0.307 e. The highest BCUT2D eigenvalue weighted by molar-refractivity contribution is 5.73. The van der Waals surface area contributed by atoms with Gasteiger partial charge in [0.15, 0.2) is 0 Å². The fourth-order valence-electron chi connectivity index (χ4n) is 1.64. The molecule has 0 saturated heterocycles. The molecule has 0 saturated carbocycles. The summed E-state index contributed by atoms with van der Waals surface area (Å²) in [6.45, 7) is 3.64. The molecule has 0 fully saturated rings. The van der Waals surface area contributed by atoms with Crippen molar-refractivity contribution in [1.29, 1.82) is 0 Å². The second-order valence-electron chi connectivity index (χ2n) is 3.77. The number of hydrogen-bond acceptors (Lipinski definition) is 2. The summed E-state index contributed by atoms with van der Waals surface area (Å²) in [5.41, 5.74) is 3.19. The van der Waals surface area contributed by atoms with E-state index < -0.39 is 11.9 Å². The number of benzene rings is 1. The standard InChI is InChI=1S/C12H14O4/c1-7-8(2)10(6-12(15)16)4-3-9(7)5-11(13)14/h3-4H,5-6H2,1-2H3,(H,13,14)(H,15,16). The molecule has 1 aromatic carbocycles. The van der Waals surface area contributed by atoms with Crippen molar-refractivity contribution in [2.45, 2.75) is 26.7 Å². The third-order valence-electron chi connectivity index (χ3n) is 2.69. The highest BCUT2D eigenvalue weighted by Crippen LogP contribution is 2.19. The first-order chi connectivity index (χ1) is 7.41. The van der Waals surface area contributed by atoms with E-state index in [1.165, 1.54) is 0 Å². The van der Waals surface area contributed by atoms with E-state index in [-0.39, 0.29) is 12.8 Å². The third-order valence-corrected chi connectivity index (χ3v) is 2.69. The van der Waals surface area contributed by atoms with E-state index in [0.29, 0.717) is 0 Å². The Bertz CT molecular complexity index is 394. The summed E-state index contributed by atoms with van der Waals surface area (Å²) in [7, 11) is 0. The number of carboxylic acid groups (broad SMARTS) is 2. The SMILES string of the molecule is Cc1c(CC(=O)O)ccc(CC(=O)O)c1C. The van der Waals surface area contributed by atoms with Crippen molar-refractivity contribution >= 4 is 11.9 Å². The molecule has 16 heavy (non-hydrogen) atoms. The molecule has 0 spiro atoms. The Morgan fingerprint density at radius 2 is 1.25 bits per heavy atom. The molecule has 1 aromatic rings. The summed E-state index contributed by atoms with van der Waals surface area (Å²) < 4.78 is 0. The van der Waals surface area contributed by atoms with Gasteiger partial charge in [-0.1, -0.05) is 12.1 Å². The Balaban J connectivity index is 3.07. The lowest BCUT2D eigenvalue weighted by Crippen LogP contribution is -2.07. The molecule has 0 radical (unpaired) electrons. The second-order valence-corrected chi connectivity index (χ2v) is 3.77. The Kier molecular flexibility index (Phi) is 3.66. The number of carbonyl (C=O) groups is 2. The minimum absolute atomic E-state index is 0.0278. The summed E-state index contributed by atoms with van der Waals surface area (Å²) in [5.74, 6) is -1.76. The summed E-state index contributed by atoms with van der Waals surface area (Å²) in [4.78, 5) is 21.2. The molecule has 86 valence electrons. The minimum Gasteiger partial charge on any atom is -0.481 e. The number of hydrogen-bond donors (Lipinski definition) is 2. The van der Waals surface area contributed by atoms with Crippen LogP contribution in [0.15, 0.2) is 12.1 Å². The monoisotopic (exact) mass is 222 g/mol. The molecule has 1 rings (SSSR count). The molecule has 2 N–H and O–H groups in total. The lowest BCUT2D eigenvalue weighted by Gasteiger charge is -2.11. The molecule has 0 aromatic heterocycles. The molecule has 4 heteroatoms. The highest BCUT2D eigenvalue weighted by Gasteiger charge is 2.10. The Morgan fingerprint density at radius 3 is 1.50 bits per heavy atom. The van der Waals surface area contributed by atoms with Crippen molar-refractivity contribution in [2.24, 2.45) is 0 Å². The van der Waals surface area contributed by atoms with Crippen LogP contribution in [0.25, 0.3) is 0 Å². The molecule has 0 unspecified atom stereocenters. The first kappa shape index (κ1) is 12.2. The molecule has 0 aliphatic rings. The molecule has 0 heterocycles. The van der Waals surface area contributed by atoms with Gasteiger partial charge in [0.05, 0.1) is 12.8 Å². The van der Waals surface area contributed by atoms with E-state index >= 15 is 0 Å². The number of carboxylic acids is 2. The Hall–Kier alpha value is -1.84. The van der Waals surface area contributed by atoms with Crippen LogP contribution in [0.5, 0.6) is 0 Å². The van der Waals surface area contributed by atoms with Crippen molar-refractivity contribution in [2.75, 3.05) is 0 Å². The zero-order valence-electron chi connectivity index (χ0n) is 9.28. The van der Waals surface area contributed by atoms with Crippen LogP contribution in [-0.2, 0) is 22.4 Å². The van der Waals surface area contributed by atoms with E-state index in [2.05, 4.69) is 0 Å². The van der Waals surface area contributed by atoms with Crippen LogP contribution in [0.4, 0.5) is 0 Å². The van der Waals surface area contributed by atoms with Gasteiger partial charge in [-0.2, -0.15) is 0 Å². The second kappa shape index (κ2) is 4.79. The van der Waals surface area contributed by atoms with E-state index in [4.69, 9.17) is 10.2 Å². The van der Waals surface area contributed by atoms with E-state index in [1.54, 1.807) is 12.1 Å². The van der Waals surface area contributed by atoms with Crippen LogP contribution < -0.4 is 0 Å². The van der Waals surface area contributed by atoms with Gasteiger partial charge in [-0.25, -0.2) is 0 Å². The normalized spacial score (nSPS) is 10.1. The van der Waals surface area contributed by atoms with Crippen LogP contribution in [-0.4, -0.2) is 22.2 Å². The van der Waals surface area contributed by atoms with Gasteiger partial charge in [-0.15, -0.1) is 0 Å². The first-order valence-corrected chi connectivity index (χ1v) is 4.93.